The molecule has 1 aromatic rings. The normalized spacial score (nSPS) is 22.4. The Kier molecular flexibility index (Phi) is 4.01. The Labute approximate surface area is 111 Å². The van der Waals surface area contributed by atoms with Crippen LogP contribution in [-0.4, -0.2) is 30.8 Å². The van der Waals surface area contributed by atoms with Crippen LogP contribution in [0.4, 0.5) is 5.69 Å². The molecule has 1 N–H and O–H groups in total. The van der Waals surface area contributed by atoms with Crippen molar-refractivity contribution >= 4 is 5.69 Å². The first-order valence-corrected chi connectivity index (χ1v) is 6.18. The predicted molar refractivity (Wildman–Crippen MR) is 70.3 cm³/mol. The average molecular weight is 266 g/mol. The fourth-order valence-corrected chi connectivity index (χ4v) is 2.13. The summed E-state index contributed by atoms with van der Waals surface area (Å²) in [7, 11) is 1.56. The molecule has 1 fully saturated rings. The Bertz CT molecular complexity index is 470. The summed E-state index contributed by atoms with van der Waals surface area (Å²) >= 11 is 0. The van der Waals surface area contributed by atoms with E-state index in [0.717, 1.165) is 18.6 Å². The zero-order chi connectivity index (χ0) is 13.9. The maximum absolute atomic E-state index is 10.8. The van der Waals surface area contributed by atoms with Crippen LogP contribution in [0.3, 0.4) is 0 Å². The summed E-state index contributed by atoms with van der Waals surface area (Å²) in [5, 5.41) is 14.2. The highest BCUT2D eigenvalue weighted by Crippen LogP contribution is 2.25. The molecule has 0 radical (unpaired) electrons. The molecule has 0 saturated carbocycles. The minimum atomic E-state index is -0.399. The van der Waals surface area contributed by atoms with Gasteiger partial charge in [0, 0.05) is 36.4 Å². The van der Waals surface area contributed by atoms with E-state index >= 15 is 0 Å². The third kappa shape index (κ3) is 3.21. The van der Waals surface area contributed by atoms with E-state index in [1.165, 1.54) is 6.07 Å². The number of methoxy groups -OCH3 is 1. The van der Waals surface area contributed by atoms with Crippen molar-refractivity contribution < 1.29 is 14.4 Å². The van der Waals surface area contributed by atoms with Crippen molar-refractivity contribution in [2.24, 2.45) is 0 Å². The molecule has 1 aliphatic heterocycles. The number of nitrogens with zero attached hydrogens (tertiary/aromatic N) is 1. The van der Waals surface area contributed by atoms with E-state index in [-0.39, 0.29) is 11.2 Å². The van der Waals surface area contributed by atoms with Crippen LogP contribution in [0.5, 0.6) is 5.75 Å². The lowest BCUT2D eigenvalue weighted by atomic mass is 10.0. The molecule has 6 nitrogen and oxygen atoms in total. The van der Waals surface area contributed by atoms with Crippen LogP contribution in [0.1, 0.15) is 18.9 Å². The van der Waals surface area contributed by atoms with Crippen molar-refractivity contribution in [3.8, 4) is 5.75 Å². The maximum atomic E-state index is 10.8. The average Bonchev–Trinajstić information content (AvgIpc) is 2.83. The van der Waals surface area contributed by atoms with E-state index in [2.05, 4.69) is 12.2 Å². The van der Waals surface area contributed by atoms with Gasteiger partial charge in [-0.15, -0.1) is 0 Å². The van der Waals surface area contributed by atoms with Gasteiger partial charge in [-0.05, 0) is 19.4 Å². The van der Waals surface area contributed by atoms with Crippen LogP contribution in [0, 0.1) is 10.1 Å². The van der Waals surface area contributed by atoms with Crippen LogP contribution in [-0.2, 0) is 11.3 Å². The number of ether oxygens (including phenoxy) is 2. The monoisotopic (exact) mass is 266 g/mol. The quantitative estimate of drug-likeness (QED) is 0.650. The molecule has 1 aromatic carbocycles. The lowest BCUT2D eigenvalue weighted by Gasteiger charge is -2.24. The van der Waals surface area contributed by atoms with Gasteiger partial charge in [0.2, 0.25) is 0 Å². The summed E-state index contributed by atoms with van der Waals surface area (Å²) in [6, 6.07) is 4.62. The third-order valence-corrected chi connectivity index (χ3v) is 3.40. The Morgan fingerprint density at radius 3 is 2.95 bits per heavy atom. The zero-order valence-corrected chi connectivity index (χ0v) is 11.1. The molecule has 0 aliphatic carbocycles. The number of hydrogen-bond donors (Lipinski definition) is 1. The van der Waals surface area contributed by atoms with E-state index in [0.29, 0.717) is 18.9 Å². The van der Waals surface area contributed by atoms with Crippen LogP contribution in [0.2, 0.25) is 0 Å². The van der Waals surface area contributed by atoms with E-state index in [4.69, 9.17) is 9.47 Å². The van der Waals surface area contributed by atoms with E-state index < -0.39 is 4.92 Å². The highest BCUT2D eigenvalue weighted by atomic mass is 16.6. The second kappa shape index (κ2) is 5.54. The van der Waals surface area contributed by atoms with Crippen LogP contribution in [0.25, 0.3) is 0 Å². The first-order valence-electron chi connectivity index (χ1n) is 6.18. The fraction of sp³-hybridized carbons (Fsp3) is 0.538. The molecule has 1 heterocycles. The molecule has 0 amide bonds. The SMILES string of the molecule is COc1ccc([N+](=O)[O-])cc1CNC1(C)CCOC1. The molecule has 2 rings (SSSR count). The molecule has 0 spiro atoms. The lowest BCUT2D eigenvalue weighted by Crippen LogP contribution is -2.42. The number of nitro groups is 1. The second-order valence-corrected chi connectivity index (χ2v) is 4.97. The minimum absolute atomic E-state index is 0.0738. The van der Waals surface area contributed by atoms with Gasteiger partial charge < -0.3 is 14.8 Å². The standard InChI is InChI=1S/C13H18N2O4/c1-13(5-6-19-9-13)14-8-10-7-11(15(16)17)3-4-12(10)18-2/h3-4,7,14H,5-6,8-9H2,1-2H3. The molecule has 104 valence electrons. The van der Waals surface area contributed by atoms with Crippen LogP contribution < -0.4 is 10.1 Å². The highest BCUT2D eigenvalue weighted by molar-refractivity contribution is 5.43. The lowest BCUT2D eigenvalue weighted by molar-refractivity contribution is -0.384. The number of benzene rings is 1. The fourth-order valence-electron chi connectivity index (χ4n) is 2.13. The first-order chi connectivity index (χ1) is 9.04. The van der Waals surface area contributed by atoms with Gasteiger partial charge in [-0.2, -0.15) is 0 Å². The summed E-state index contributed by atoms with van der Waals surface area (Å²) in [4.78, 5) is 10.4. The van der Waals surface area contributed by atoms with Crippen LogP contribution in [0.15, 0.2) is 18.2 Å². The van der Waals surface area contributed by atoms with E-state index in [1.54, 1.807) is 19.2 Å². The number of hydrogen-bond acceptors (Lipinski definition) is 5. The molecule has 19 heavy (non-hydrogen) atoms. The summed E-state index contributed by atoms with van der Waals surface area (Å²) in [6.45, 7) is 4.01. The number of nitro benzene ring substituents is 1. The molecule has 1 unspecified atom stereocenters. The van der Waals surface area contributed by atoms with Crippen molar-refractivity contribution in [1.82, 2.24) is 5.32 Å². The smallest absolute Gasteiger partial charge is 0.270 e. The Hall–Kier alpha value is -1.66. The van der Waals surface area contributed by atoms with Crippen molar-refractivity contribution in [3.63, 3.8) is 0 Å². The molecule has 1 atom stereocenters. The van der Waals surface area contributed by atoms with Crippen LogP contribution >= 0.6 is 0 Å². The molecule has 6 heteroatoms. The summed E-state index contributed by atoms with van der Waals surface area (Å²) in [5.74, 6) is 0.653. The maximum Gasteiger partial charge on any atom is 0.270 e. The highest BCUT2D eigenvalue weighted by Gasteiger charge is 2.29. The summed E-state index contributed by atoms with van der Waals surface area (Å²) in [5.41, 5.74) is 0.783. The second-order valence-electron chi connectivity index (χ2n) is 4.97. The Balaban J connectivity index is 2.13. The van der Waals surface area contributed by atoms with E-state index in [1.807, 2.05) is 0 Å². The minimum Gasteiger partial charge on any atom is -0.496 e. The van der Waals surface area contributed by atoms with Gasteiger partial charge in [-0.25, -0.2) is 0 Å². The zero-order valence-electron chi connectivity index (χ0n) is 11.1. The number of nitrogens with one attached hydrogen (secondary N) is 1. The third-order valence-electron chi connectivity index (χ3n) is 3.40. The predicted octanol–water partition coefficient (Wildman–Crippen LogP) is 1.87. The molecule has 1 aliphatic rings. The van der Waals surface area contributed by atoms with Gasteiger partial charge in [0.25, 0.3) is 5.69 Å². The van der Waals surface area contributed by atoms with E-state index in [9.17, 15) is 10.1 Å². The molecule has 1 saturated heterocycles. The number of non-ortho nitro benzene ring substituents is 1. The summed E-state index contributed by atoms with van der Waals surface area (Å²) in [6.07, 6.45) is 0.935. The molecular weight excluding hydrogens is 248 g/mol. The van der Waals surface area contributed by atoms with Gasteiger partial charge in [-0.3, -0.25) is 10.1 Å². The Morgan fingerprint density at radius 1 is 1.58 bits per heavy atom. The van der Waals surface area contributed by atoms with Crippen molar-refractivity contribution in [2.75, 3.05) is 20.3 Å². The topological polar surface area (TPSA) is 73.6 Å². The first kappa shape index (κ1) is 13.8. The molecule has 0 aromatic heterocycles. The molecular formula is C13H18N2O4. The van der Waals surface area contributed by atoms with Gasteiger partial charge in [0.15, 0.2) is 0 Å². The summed E-state index contributed by atoms with van der Waals surface area (Å²) < 4.78 is 10.6. The van der Waals surface area contributed by atoms with Crippen molar-refractivity contribution in [3.05, 3.63) is 33.9 Å². The van der Waals surface area contributed by atoms with Gasteiger partial charge in [0.1, 0.15) is 5.75 Å². The van der Waals surface area contributed by atoms with Crippen molar-refractivity contribution in [1.29, 1.82) is 0 Å². The van der Waals surface area contributed by atoms with Gasteiger partial charge in [-0.1, -0.05) is 0 Å². The molecule has 0 bridgehead atoms. The van der Waals surface area contributed by atoms with Crippen molar-refractivity contribution in [2.45, 2.75) is 25.4 Å². The largest absolute Gasteiger partial charge is 0.496 e. The Morgan fingerprint density at radius 2 is 2.37 bits per heavy atom. The van der Waals surface area contributed by atoms with Gasteiger partial charge >= 0.3 is 0 Å². The van der Waals surface area contributed by atoms with Gasteiger partial charge in [0.05, 0.1) is 18.6 Å². The number of rotatable bonds is 5.